The van der Waals surface area contributed by atoms with E-state index < -0.39 is 0 Å². The number of nitrogens with one attached hydrogen (secondary N) is 1. The van der Waals surface area contributed by atoms with Crippen molar-refractivity contribution < 1.29 is 0 Å². The van der Waals surface area contributed by atoms with E-state index in [-0.39, 0.29) is 0 Å². The third kappa shape index (κ3) is 2.96. The molecule has 1 aliphatic carbocycles. The van der Waals surface area contributed by atoms with Gasteiger partial charge in [0.25, 0.3) is 0 Å². The standard InChI is InChI=1S/C13H17N3/c14-9-11-7-8-13(15-10-11)16-12-5-3-1-2-4-6-12/h7-8,10,12H,1-6H2,(H,15,16). The van der Waals surface area contributed by atoms with E-state index in [9.17, 15) is 0 Å². The molecule has 16 heavy (non-hydrogen) atoms. The van der Waals surface area contributed by atoms with E-state index in [2.05, 4.69) is 16.4 Å². The Morgan fingerprint density at radius 3 is 2.50 bits per heavy atom. The van der Waals surface area contributed by atoms with Gasteiger partial charge in [-0.15, -0.1) is 0 Å². The minimum absolute atomic E-state index is 0.558. The SMILES string of the molecule is N#Cc1ccc(NC2CCCCCC2)nc1. The summed E-state index contributed by atoms with van der Waals surface area (Å²) in [6.07, 6.45) is 9.45. The molecule has 1 aromatic rings. The Labute approximate surface area is 96.5 Å². The van der Waals surface area contributed by atoms with Crippen LogP contribution in [0.25, 0.3) is 0 Å². The zero-order valence-electron chi connectivity index (χ0n) is 9.45. The van der Waals surface area contributed by atoms with Gasteiger partial charge in [-0.25, -0.2) is 4.98 Å². The lowest BCUT2D eigenvalue weighted by Crippen LogP contribution is -2.18. The van der Waals surface area contributed by atoms with Gasteiger partial charge in [-0.05, 0) is 25.0 Å². The molecule has 0 radical (unpaired) electrons. The molecule has 2 rings (SSSR count). The van der Waals surface area contributed by atoms with Crippen molar-refractivity contribution in [1.29, 1.82) is 5.26 Å². The van der Waals surface area contributed by atoms with Gasteiger partial charge in [0, 0.05) is 12.2 Å². The molecule has 0 aromatic carbocycles. The van der Waals surface area contributed by atoms with Crippen molar-refractivity contribution >= 4 is 5.82 Å². The lowest BCUT2D eigenvalue weighted by atomic mass is 10.1. The number of rotatable bonds is 2. The molecule has 1 aliphatic rings. The Morgan fingerprint density at radius 2 is 1.94 bits per heavy atom. The van der Waals surface area contributed by atoms with Gasteiger partial charge in [0.2, 0.25) is 0 Å². The molecule has 0 saturated heterocycles. The fourth-order valence-corrected chi connectivity index (χ4v) is 2.18. The fourth-order valence-electron chi connectivity index (χ4n) is 2.18. The number of hydrogen-bond acceptors (Lipinski definition) is 3. The predicted molar refractivity (Wildman–Crippen MR) is 64.1 cm³/mol. The Balaban J connectivity index is 1.94. The van der Waals surface area contributed by atoms with Crippen molar-refractivity contribution in [2.75, 3.05) is 5.32 Å². The van der Waals surface area contributed by atoms with Crippen molar-refractivity contribution in [3.8, 4) is 6.07 Å². The minimum Gasteiger partial charge on any atom is -0.367 e. The van der Waals surface area contributed by atoms with Crippen LogP contribution in [0.4, 0.5) is 5.82 Å². The van der Waals surface area contributed by atoms with Crippen LogP contribution >= 0.6 is 0 Å². The maximum atomic E-state index is 8.68. The van der Waals surface area contributed by atoms with Crippen molar-refractivity contribution in [2.24, 2.45) is 0 Å². The molecular weight excluding hydrogens is 198 g/mol. The van der Waals surface area contributed by atoms with Gasteiger partial charge in [0.15, 0.2) is 0 Å². The first-order valence-corrected chi connectivity index (χ1v) is 6.01. The summed E-state index contributed by atoms with van der Waals surface area (Å²) in [5.41, 5.74) is 0.617. The van der Waals surface area contributed by atoms with Crippen LogP contribution in [0.2, 0.25) is 0 Å². The van der Waals surface area contributed by atoms with Crippen LogP contribution in [0, 0.1) is 11.3 Å². The van der Waals surface area contributed by atoms with Gasteiger partial charge >= 0.3 is 0 Å². The summed E-state index contributed by atoms with van der Waals surface area (Å²) in [4.78, 5) is 4.24. The summed E-state index contributed by atoms with van der Waals surface area (Å²) in [5, 5.41) is 12.1. The molecular formula is C13H17N3. The molecule has 0 amide bonds. The molecule has 0 atom stereocenters. The summed E-state index contributed by atoms with van der Waals surface area (Å²) in [5.74, 6) is 0.894. The molecule has 1 heterocycles. The lowest BCUT2D eigenvalue weighted by Gasteiger charge is -2.16. The highest BCUT2D eigenvalue weighted by molar-refractivity contribution is 5.39. The number of anilines is 1. The molecule has 1 fully saturated rings. The average Bonchev–Trinajstić information content (AvgIpc) is 2.59. The highest BCUT2D eigenvalue weighted by atomic mass is 15.0. The molecule has 0 spiro atoms. The molecule has 0 unspecified atom stereocenters. The highest BCUT2D eigenvalue weighted by Gasteiger charge is 2.11. The lowest BCUT2D eigenvalue weighted by molar-refractivity contribution is 0.617. The largest absolute Gasteiger partial charge is 0.367 e. The second-order valence-electron chi connectivity index (χ2n) is 4.38. The Bertz CT molecular complexity index is 356. The zero-order valence-corrected chi connectivity index (χ0v) is 9.45. The molecule has 1 N–H and O–H groups in total. The maximum Gasteiger partial charge on any atom is 0.126 e. The van der Waals surface area contributed by atoms with Gasteiger partial charge in [-0.3, -0.25) is 0 Å². The number of aromatic nitrogens is 1. The fraction of sp³-hybridized carbons (Fsp3) is 0.538. The third-order valence-electron chi connectivity index (χ3n) is 3.10. The summed E-state index contributed by atoms with van der Waals surface area (Å²) < 4.78 is 0. The number of pyridine rings is 1. The van der Waals surface area contributed by atoms with E-state index in [0.29, 0.717) is 11.6 Å². The van der Waals surface area contributed by atoms with Crippen LogP contribution in [0.15, 0.2) is 18.3 Å². The Hall–Kier alpha value is -1.56. The predicted octanol–water partition coefficient (Wildman–Crippen LogP) is 3.09. The molecule has 0 bridgehead atoms. The first-order valence-electron chi connectivity index (χ1n) is 6.01. The molecule has 3 nitrogen and oxygen atoms in total. The quantitative estimate of drug-likeness (QED) is 0.771. The first-order chi connectivity index (χ1) is 7.88. The van der Waals surface area contributed by atoms with Crippen LogP contribution in [-0.2, 0) is 0 Å². The Morgan fingerprint density at radius 1 is 1.19 bits per heavy atom. The second-order valence-corrected chi connectivity index (χ2v) is 4.38. The summed E-state index contributed by atoms with van der Waals surface area (Å²) >= 11 is 0. The van der Waals surface area contributed by atoms with Crippen LogP contribution < -0.4 is 5.32 Å². The second kappa shape index (κ2) is 5.50. The first kappa shape index (κ1) is 10.9. The molecule has 0 aliphatic heterocycles. The third-order valence-corrected chi connectivity index (χ3v) is 3.10. The summed E-state index contributed by atoms with van der Waals surface area (Å²) in [6, 6.07) is 6.34. The number of nitrogens with zero attached hydrogens (tertiary/aromatic N) is 2. The molecule has 1 aromatic heterocycles. The van der Waals surface area contributed by atoms with Gasteiger partial charge in [0.1, 0.15) is 11.9 Å². The highest BCUT2D eigenvalue weighted by Crippen LogP contribution is 2.20. The van der Waals surface area contributed by atoms with E-state index in [4.69, 9.17) is 5.26 Å². The van der Waals surface area contributed by atoms with Crippen LogP contribution in [0.1, 0.15) is 44.1 Å². The zero-order chi connectivity index (χ0) is 11.2. The monoisotopic (exact) mass is 215 g/mol. The topological polar surface area (TPSA) is 48.7 Å². The van der Waals surface area contributed by atoms with Crippen molar-refractivity contribution in [3.63, 3.8) is 0 Å². The van der Waals surface area contributed by atoms with E-state index in [1.54, 1.807) is 6.20 Å². The molecule has 84 valence electrons. The normalized spacial score (nSPS) is 17.4. The number of nitriles is 1. The van der Waals surface area contributed by atoms with E-state index in [1.165, 1.54) is 38.5 Å². The minimum atomic E-state index is 0.558. The van der Waals surface area contributed by atoms with E-state index in [0.717, 1.165) is 5.82 Å². The maximum absolute atomic E-state index is 8.68. The molecule has 3 heteroatoms. The molecule has 1 saturated carbocycles. The van der Waals surface area contributed by atoms with Crippen molar-refractivity contribution in [2.45, 2.75) is 44.6 Å². The summed E-state index contributed by atoms with van der Waals surface area (Å²) in [7, 11) is 0. The van der Waals surface area contributed by atoms with Gasteiger partial charge in [-0.1, -0.05) is 25.7 Å². The van der Waals surface area contributed by atoms with Crippen LogP contribution in [0.5, 0.6) is 0 Å². The van der Waals surface area contributed by atoms with Crippen molar-refractivity contribution in [1.82, 2.24) is 4.98 Å². The van der Waals surface area contributed by atoms with Gasteiger partial charge in [-0.2, -0.15) is 5.26 Å². The smallest absolute Gasteiger partial charge is 0.126 e. The average molecular weight is 215 g/mol. The Kier molecular flexibility index (Phi) is 3.76. The van der Waals surface area contributed by atoms with Gasteiger partial charge in [0.05, 0.1) is 5.56 Å². The number of hydrogen-bond donors (Lipinski definition) is 1. The van der Waals surface area contributed by atoms with E-state index >= 15 is 0 Å². The summed E-state index contributed by atoms with van der Waals surface area (Å²) in [6.45, 7) is 0. The van der Waals surface area contributed by atoms with Crippen LogP contribution in [0.3, 0.4) is 0 Å². The van der Waals surface area contributed by atoms with Gasteiger partial charge < -0.3 is 5.32 Å². The van der Waals surface area contributed by atoms with Crippen molar-refractivity contribution in [3.05, 3.63) is 23.9 Å². The van der Waals surface area contributed by atoms with Crippen LogP contribution in [-0.4, -0.2) is 11.0 Å². The van der Waals surface area contributed by atoms with E-state index in [1.807, 2.05) is 12.1 Å².